The van der Waals surface area contributed by atoms with Crippen molar-refractivity contribution in [1.82, 2.24) is 14.1 Å². The minimum atomic E-state index is -0.238. The number of aromatic nitrogens is 3. The van der Waals surface area contributed by atoms with E-state index in [1.54, 1.807) is 49.1 Å². The number of halogens is 2. The van der Waals surface area contributed by atoms with Gasteiger partial charge in [-0.15, -0.1) is 0 Å². The van der Waals surface area contributed by atoms with Gasteiger partial charge in [0, 0.05) is 11.1 Å². The zero-order valence-electron chi connectivity index (χ0n) is 15.9. The van der Waals surface area contributed by atoms with Crippen LogP contribution in [0.4, 0.5) is 0 Å². The summed E-state index contributed by atoms with van der Waals surface area (Å²) < 4.78 is 15.0. The molecule has 0 atom stereocenters. The smallest absolute Gasteiger partial charge is 0.277 e. The van der Waals surface area contributed by atoms with E-state index in [9.17, 15) is 4.79 Å². The molecule has 0 unspecified atom stereocenters. The summed E-state index contributed by atoms with van der Waals surface area (Å²) in [6, 6.07) is 12.5. The van der Waals surface area contributed by atoms with Gasteiger partial charge in [-0.1, -0.05) is 44.9 Å². The number of methoxy groups -OCH3 is 2. The largest absolute Gasteiger partial charge is 0.497 e. The number of ether oxygens (including phenoxy) is 2. The Morgan fingerprint density at radius 2 is 1.97 bits per heavy atom. The predicted octanol–water partition coefficient (Wildman–Crippen LogP) is 5.53. The Hall–Kier alpha value is -2.20. The first-order valence-electron chi connectivity index (χ1n) is 8.70. The molecule has 0 N–H and O–H groups in total. The van der Waals surface area contributed by atoms with Gasteiger partial charge in [0.1, 0.15) is 22.0 Å². The van der Waals surface area contributed by atoms with Crippen LogP contribution in [-0.2, 0) is 5.33 Å². The van der Waals surface area contributed by atoms with Crippen LogP contribution < -0.4 is 15.0 Å². The molecule has 0 saturated carbocycles. The van der Waals surface area contributed by atoms with Gasteiger partial charge in [-0.2, -0.15) is 0 Å². The van der Waals surface area contributed by atoms with Crippen LogP contribution in [0, 0.1) is 3.95 Å². The summed E-state index contributed by atoms with van der Waals surface area (Å²) in [5.41, 5.74) is 1.55. The molecule has 0 aliphatic rings. The highest BCUT2D eigenvalue weighted by Crippen LogP contribution is 2.30. The molecule has 2 aromatic heterocycles. The van der Waals surface area contributed by atoms with Crippen molar-refractivity contribution < 1.29 is 9.47 Å². The van der Waals surface area contributed by atoms with Gasteiger partial charge in [0.25, 0.3) is 5.56 Å². The fraction of sp³-hybridized carbons (Fsp3) is 0.150. The van der Waals surface area contributed by atoms with Gasteiger partial charge in [0.15, 0.2) is 9.60 Å². The quantitative estimate of drug-likeness (QED) is 0.254. The maximum atomic E-state index is 13.6. The van der Waals surface area contributed by atoms with E-state index in [4.69, 9.17) is 38.3 Å². The van der Waals surface area contributed by atoms with Gasteiger partial charge < -0.3 is 9.47 Å². The second-order valence-corrected chi connectivity index (χ2v) is 8.82. The van der Waals surface area contributed by atoms with E-state index in [0.717, 1.165) is 5.69 Å². The normalized spacial score (nSPS) is 11.1. The van der Waals surface area contributed by atoms with Crippen molar-refractivity contribution in [2.75, 3.05) is 14.2 Å². The number of thiazole rings is 1. The van der Waals surface area contributed by atoms with E-state index >= 15 is 0 Å². The Bertz CT molecular complexity index is 1380. The maximum absolute atomic E-state index is 13.6. The van der Waals surface area contributed by atoms with Crippen molar-refractivity contribution in [2.24, 2.45) is 0 Å². The van der Waals surface area contributed by atoms with Crippen LogP contribution in [-0.4, -0.2) is 28.3 Å². The lowest BCUT2D eigenvalue weighted by atomic mass is 10.2. The molecule has 4 rings (SSSR count). The molecular weight excluding hydrogens is 510 g/mol. The number of hydrogen-bond donors (Lipinski definition) is 0. The van der Waals surface area contributed by atoms with Crippen molar-refractivity contribution in [3.63, 3.8) is 0 Å². The fourth-order valence-corrected chi connectivity index (χ4v) is 5.02. The molecule has 0 fully saturated rings. The number of rotatable bonds is 5. The molecule has 30 heavy (non-hydrogen) atoms. The van der Waals surface area contributed by atoms with E-state index in [-0.39, 0.29) is 5.56 Å². The van der Waals surface area contributed by atoms with Crippen LogP contribution in [0.5, 0.6) is 11.5 Å². The average Bonchev–Trinajstić information content (AvgIpc) is 3.09. The second kappa shape index (κ2) is 8.50. The third-order valence-corrected chi connectivity index (χ3v) is 6.58. The van der Waals surface area contributed by atoms with Crippen LogP contribution in [0.2, 0.25) is 5.02 Å². The lowest BCUT2D eigenvalue weighted by Gasteiger charge is -2.15. The summed E-state index contributed by atoms with van der Waals surface area (Å²) in [5.74, 6) is 1.63. The van der Waals surface area contributed by atoms with E-state index in [2.05, 4.69) is 15.9 Å². The first kappa shape index (κ1) is 21.0. The van der Waals surface area contributed by atoms with Gasteiger partial charge in [0.05, 0.1) is 30.9 Å². The molecule has 0 saturated heterocycles. The Morgan fingerprint density at radius 3 is 2.63 bits per heavy atom. The van der Waals surface area contributed by atoms with Crippen molar-refractivity contribution >= 4 is 61.4 Å². The molecule has 0 aliphatic heterocycles. The highest BCUT2D eigenvalue weighted by Gasteiger charge is 2.20. The zero-order chi connectivity index (χ0) is 21.4. The van der Waals surface area contributed by atoms with E-state index in [0.29, 0.717) is 47.7 Å². The molecule has 10 heteroatoms. The lowest BCUT2D eigenvalue weighted by Crippen LogP contribution is -2.23. The first-order valence-corrected chi connectivity index (χ1v) is 11.4. The van der Waals surface area contributed by atoms with Gasteiger partial charge in [-0.25, -0.2) is 4.98 Å². The second-order valence-electron chi connectivity index (χ2n) is 6.18. The van der Waals surface area contributed by atoms with Crippen molar-refractivity contribution in [3.05, 3.63) is 67.6 Å². The number of hydrogen-bond acceptors (Lipinski definition) is 6. The molecule has 2 aromatic carbocycles. The van der Waals surface area contributed by atoms with Crippen LogP contribution in [0.15, 0.2) is 47.3 Å². The number of benzene rings is 2. The summed E-state index contributed by atoms with van der Waals surface area (Å²) in [6.07, 6.45) is 0. The van der Waals surface area contributed by atoms with E-state index in [1.165, 1.54) is 15.9 Å². The van der Waals surface area contributed by atoms with Crippen LogP contribution in [0.3, 0.4) is 0 Å². The minimum absolute atomic E-state index is 0.238. The molecule has 0 amide bonds. The van der Waals surface area contributed by atoms with Crippen LogP contribution in [0.25, 0.3) is 21.7 Å². The molecule has 6 nitrogen and oxygen atoms in total. The molecule has 0 radical (unpaired) electrons. The zero-order valence-corrected chi connectivity index (χ0v) is 19.9. The molecule has 2 heterocycles. The number of fused-ring (bicyclic) bond motifs is 1. The summed E-state index contributed by atoms with van der Waals surface area (Å²) >= 11 is 16.4. The van der Waals surface area contributed by atoms with Crippen LogP contribution in [0.1, 0.15) is 5.82 Å². The third-order valence-electron chi connectivity index (χ3n) is 4.49. The minimum Gasteiger partial charge on any atom is -0.497 e. The van der Waals surface area contributed by atoms with Gasteiger partial charge in [-0.05, 0) is 42.5 Å². The predicted molar refractivity (Wildman–Crippen MR) is 126 cm³/mol. The lowest BCUT2D eigenvalue weighted by molar-refractivity contribution is 0.401. The average molecular weight is 525 g/mol. The first-order chi connectivity index (χ1) is 14.5. The molecule has 0 aliphatic carbocycles. The van der Waals surface area contributed by atoms with Crippen molar-refractivity contribution in [3.8, 4) is 22.9 Å². The number of nitrogens with zero attached hydrogens (tertiary/aromatic N) is 3. The van der Waals surface area contributed by atoms with Gasteiger partial charge in [0.2, 0.25) is 0 Å². The van der Waals surface area contributed by atoms with Crippen molar-refractivity contribution in [2.45, 2.75) is 5.33 Å². The van der Waals surface area contributed by atoms with E-state index in [1.807, 2.05) is 12.1 Å². The Kier molecular flexibility index (Phi) is 5.97. The molecule has 154 valence electrons. The Morgan fingerprint density at radius 1 is 1.17 bits per heavy atom. The van der Waals surface area contributed by atoms with Gasteiger partial charge >= 0.3 is 0 Å². The summed E-state index contributed by atoms with van der Waals surface area (Å²) in [5, 5.41) is 0.917. The Balaban J connectivity index is 2.07. The number of alkyl halides is 1. The monoisotopic (exact) mass is 523 g/mol. The third kappa shape index (κ3) is 3.56. The van der Waals surface area contributed by atoms with Crippen molar-refractivity contribution in [1.29, 1.82) is 0 Å². The molecule has 0 spiro atoms. The summed E-state index contributed by atoms with van der Waals surface area (Å²) in [7, 11) is 3.12. The van der Waals surface area contributed by atoms with Gasteiger partial charge in [-0.3, -0.25) is 13.9 Å². The summed E-state index contributed by atoms with van der Waals surface area (Å²) in [4.78, 5) is 18.3. The highest BCUT2D eigenvalue weighted by atomic mass is 79.9. The molecule has 0 bridgehead atoms. The Labute approximate surface area is 194 Å². The molecular formula is C20H15BrClN3O3S2. The molecule has 4 aromatic rings. The maximum Gasteiger partial charge on any atom is 0.277 e. The summed E-state index contributed by atoms with van der Waals surface area (Å²) in [6.45, 7) is 0. The fourth-order valence-electron chi connectivity index (χ4n) is 3.15. The highest BCUT2D eigenvalue weighted by molar-refractivity contribution is 9.08. The van der Waals surface area contributed by atoms with Crippen LogP contribution >= 0.6 is 51.1 Å². The topological polar surface area (TPSA) is 58.3 Å². The van der Waals surface area contributed by atoms with E-state index < -0.39 is 0 Å². The SMILES string of the molecule is COc1ccc(OC)c(-n2c(CBr)nc3c(sc(=S)n3-c3cccc(Cl)c3)c2=O)c1. The standard InChI is InChI=1S/C20H15BrClN3O3S2/c1-27-13-6-7-15(28-2)14(9-13)25-16(10-21)23-18-17(19(25)26)30-20(29)24(18)12-5-3-4-11(22)8-12/h3-9H,10H2,1-2H3.